The highest BCUT2D eigenvalue weighted by atomic mass is 16.5. The predicted molar refractivity (Wildman–Crippen MR) is 112 cm³/mol. The summed E-state index contributed by atoms with van der Waals surface area (Å²) >= 11 is 0. The molecule has 2 heterocycles. The average Bonchev–Trinajstić information content (AvgIpc) is 3.28. The zero-order chi connectivity index (χ0) is 19.7. The molecule has 1 fully saturated rings. The van der Waals surface area contributed by atoms with Crippen LogP contribution in [0.3, 0.4) is 0 Å². The van der Waals surface area contributed by atoms with Gasteiger partial charge < -0.3 is 14.2 Å². The Morgan fingerprint density at radius 1 is 1.18 bits per heavy atom. The molecule has 1 aliphatic rings. The van der Waals surface area contributed by atoms with E-state index < -0.39 is 0 Å². The van der Waals surface area contributed by atoms with Gasteiger partial charge in [-0.1, -0.05) is 44.5 Å². The van der Waals surface area contributed by atoms with Crippen LogP contribution in [0.15, 0.2) is 48.5 Å². The van der Waals surface area contributed by atoms with Crippen LogP contribution in [-0.4, -0.2) is 29.1 Å². The Morgan fingerprint density at radius 3 is 2.71 bits per heavy atom. The molecule has 5 heteroatoms. The third-order valence-corrected chi connectivity index (χ3v) is 5.74. The van der Waals surface area contributed by atoms with E-state index in [1.54, 1.807) is 7.11 Å². The fourth-order valence-electron chi connectivity index (χ4n) is 4.00. The minimum Gasteiger partial charge on any atom is -0.495 e. The molecule has 5 nitrogen and oxygen atoms in total. The van der Waals surface area contributed by atoms with Crippen molar-refractivity contribution in [2.75, 3.05) is 18.6 Å². The maximum Gasteiger partial charge on any atom is 0.227 e. The van der Waals surface area contributed by atoms with Crippen molar-refractivity contribution in [2.45, 2.75) is 39.2 Å². The number of ether oxygens (including phenoxy) is 1. The lowest BCUT2D eigenvalue weighted by Crippen LogP contribution is -2.25. The van der Waals surface area contributed by atoms with E-state index in [2.05, 4.69) is 36.6 Å². The zero-order valence-electron chi connectivity index (χ0n) is 16.8. The van der Waals surface area contributed by atoms with E-state index in [-0.39, 0.29) is 11.8 Å². The van der Waals surface area contributed by atoms with Crippen molar-refractivity contribution in [3.63, 3.8) is 0 Å². The molecule has 146 valence electrons. The Morgan fingerprint density at radius 2 is 1.93 bits per heavy atom. The van der Waals surface area contributed by atoms with Crippen LogP contribution in [0, 0.1) is 5.92 Å². The number of carbonyl (C=O) groups excluding carboxylic acids is 1. The fraction of sp³-hybridized carbons (Fsp3) is 0.391. The van der Waals surface area contributed by atoms with Crippen LogP contribution in [0.4, 0.5) is 5.69 Å². The largest absolute Gasteiger partial charge is 0.495 e. The Balaban J connectivity index is 1.71. The van der Waals surface area contributed by atoms with Gasteiger partial charge in [-0.05, 0) is 30.2 Å². The van der Waals surface area contributed by atoms with Crippen molar-refractivity contribution in [3.8, 4) is 5.75 Å². The number of aromatic nitrogens is 2. The molecular weight excluding hydrogens is 350 g/mol. The fourth-order valence-corrected chi connectivity index (χ4v) is 4.00. The SMILES string of the molecule is CC[C@H](C)Cn1c([C@@H]2CC(=O)N(c3ccccc3OC)C2)nc2ccccc21. The Kier molecular flexibility index (Phi) is 5.07. The third kappa shape index (κ3) is 3.26. The molecule has 4 rings (SSSR count). The molecule has 28 heavy (non-hydrogen) atoms. The van der Waals surface area contributed by atoms with Crippen LogP contribution in [0.2, 0.25) is 0 Å². The highest BCUT2D eigenvalue weighted by Crippen LogP contribution is 2.37. The average molecular weight is 377 g/mol. The van der Waals surface area contributed by atoms with E-state index in [1.807, 2.05) is 35.2 Å². The maximum absolute atomic E-state index is 12.9. The number of fused-ring (bicyclic) bond motifs is 1. The van der Waals surface area contributed by atoms with Gasteiger partial charge >= 0.3 is 0 Å². The number of para-hydroxylation sites is 4. The summed E-state index contributed by atoms with van der Waals surface area (Å²) in [5.74, 6) is 2.50. The van der Waals surface area contributed by atoms with Crippen molar-refractivity contribution in [3.05, 3.63) is 54.4 Å². The number of nitrogens with zero attached hydrogens (tertiary/aromatic N) is 3. The predicted octanol–water partition coefficient (Wildman–Crippen LogP) is 4.61. The van der Waals surface area contributed by atoms with Gasteiger partial charge in [0.2, 0.25) is 5.91 Å². The molecule has 0 spiro atoms. The lowest BCUT2D eigenvalue weighted by Gasteiger charge is -2.20. The first-order valence-electron chi connectivity index (χ1n) is 10.0. The van der Waals surface area contributed by atoms with E-state index in [0.717, 1.165) is 41.3 Å². The van der Waals surface area contributed by atoms with Gasteiger partial charge in [-0.25, -0.2) is 4.98 Å². The first kappa shape index (κ1) is 18.5. The second-order valence-electron chi connectivity index (χ2n) is 7.66. The quantitative estimate of drug-likeness (QED) is 0.630. The summed E-state index contributed by atoms with van der Waals surface area (Å²) in [5.41, 5.74) is 2.99. The van der Waals surface area contributed by atoms with Crippen molar-refractivity contribution < 1.29 is 9.53 Å². The molecule has 2 atom stereocenters. The van der Waals surface area contributed by atoms with E-state index >= 15 is 0 Å². The lowest BCUT2D eigenvalue weighted by atomic mass is 10.1. The van der Waals surface area contributed by atoms with Crippen molar-refractivity contribution in [1.29, 1.82) is 0 Å². The Labute approximate surface area is 165 Å². The van der Waals surface area contributed by atoms with Gasteiger partial charge in [0.15, 0.2) is 0 Å². The van der Waals surface area contributed by atoms with E-state index in [0.29, 0.717) is 18.9 Å². The molecule has 0 saturated carbocycles. The first-order chi connectivity index (χ1) is 13.6. The molecule has 0 radical (unpaired) electrons. The molecule has 0 aliphatic carbocycles. The summed E-state index contributed by atoms with van der Waals surface area (Å²) in [6.45, 7) is 6.03. The molecular formula is C23H27N3O2. The van der Waals surface area contributed by atoms with Crippen LogP contribution in [0.25, 0.3) is 11.0 Å². The van der Waals surface area contributed by atoms with Gasteiger partial charge in [-0.3, -0.25) is 4.79 Å². The second-order valence-corrected chi connectivity index (χ2v) is 7.66. The summed E-state index contributed by atoms with van der Waals surface area (Å²) in [6, 6.07) is 16.0. The summed E-state index contributed by atoms with van der Waals surface area (Å²) in [7, 11) is 1.64. The summed E-state index contributed by atoms with van der Waals surface area (Å²) < 4.78 is 7.80. The molecule has 1 aromatic heterocycles. The van der Waals surface area contributed by atoms with Crippen molar-refractivity contribution in [1.82, 2.24) is 9.55 Å². The number of hydrogen-bond donors (Lipinski definition) is 0. The number of carbonyl (C=O) groups is 1. The summed E-state index contributed by atoms with van der Waals surface area (Å²) in [4.78, 5) is 19.6. The maximum atomic E-state index is 12.9. The standard InChI is InChI=1S/C23H27N3O2/c1-4-16(2)14-26-19-10-6-5-9-18(19)24-23(26)17-13-22(27)25(15-17)20-11-7-8-12-21(20)28-3/h5-12,16-17H,4,13-15H2,1-3H3/t16-,17+/m0/s1. The molecule has 0 N–H and O–H groups in total. The van der Waals surface area contributed by atoms with Crippen LogP contribution < -0.4 is 9.64 Å². The van der Waals surface area contributed by atoms with Crippen LogP contribution in [0.5, 0.6) is 5.75 Å². The molecule has 1 amide bonds. The molecule has 1 aliphatic heterocycles. The Hall–Kier alpha value is -2.82. The zero-order valence-corrected chi connectivity index (χ0v) is 16.8. The molecule has 2 aromatic carbocycles. The highest BCUT2D eigenvalue weighted by molar-refractivity contribution is 5.97. The molecule has 0 bridgehead atoms. The van der Waals surface area contributed by atoms with Crippen molar-refractivity contribution in [2.24, 2.45) is 5.92 Å². The minimum absolute atomic E-state index is 0.0777. The van der Waals surface area contributed by atoms with Gasteiger partial charge in [0, 0.05) is 25.4 Å². The second kappa shape index (κ2) is 7.66. The number of anilines is 1. The normalized spacial score (nSPS) is 18.0. The number of amides is 1. The van der Waals surface area contributed by atoms with Crippen LogP contribution in [-0.2, 0) is 11.3 Å². The summed E-state index contributed by atoms with van der Waals surface area (Å²) in [6.07, 6.45) is 1.59. The lowest BCUT2D eigenvalue weighted by molar-refractivity contribution is -0.117. The smallest absolute Gasteiger partial charge is 0.227 e. The topological polar surface area (TPSA) is 47.4 Å². The van der Waals surface area contributed by atoms with Crippen LogP contribution in [0.1, 0.15) is 38.4 Å². The number of rotatable bonds is 6. The Bertz CT molecular complexity index is 994. The molecule has 3 aromatic rings. The van der Waals surface area contributed by atoms with Crippen molar-refractivity contribution >= 4 is 22.6 Å². The van der Waals surface area contributed by atoms with Gasteiger partial charge in [0.05, 0.1) is 23.8 Å². The van der Waals surface area contributed by atoms with Gasteiger partial charge in [0.1, 0.15) is 11.6 Å². The third-order valence-electron chi connectivity index (χ3n) is 5.74. The van der Waals surface area contributed by atoms with Gasteiger partial charge in [-0.15, -0.1) is 0 Å². The molecule has 0 unspecified atom stereocenters. The first-order valence-corrected chi connectivity index (χ1v) is 10.0. The van der Waals surface area contributed by atoms with Gasteiger partial charge in [-0.2, -0.15) is 0 Å². The number of imidazole rings is 1. The van der Waals surface area contributed by atoms with E-state index in [4.69, 9.17) is 9.72 Å². The van der Waals surface area contributed by atoms with Gasteiger partial charge in [0.25, 0.3) is 0 Å². The highest BCUT2D eigenvalue weighted by Gasteiger charge is 2.36. The molecule has 1 saturated heterocycles. The number of benzene rings is 2. The van der Waals surface area contributed by atoms with Crippen LogP contribution >= 0.6 is 0 Å². The number of methoxy groups -OCH3 is 1. The number of hydrogen-bond acceptors (Lipinski definition) is 3. The van der Waals surface area contributed by atoms with E-state index in [1.165, 1.54) is 0 Å². The minimum atomic E-state index is 0.0777. The monoisotopic (exact) mass is 377 g/mol. The van der Waals surface area contributed by atoms with E-state index in [9.17, 15) is 4.79 Å². The summed E-state index contributed by atoms with van der Waals surface area (Å²) in [5, 5.41) is 0.